The van der Waals surface area contributed by atoms with Crippen LogP contribution in [0.5, 0.6) is 0 Å². The van der Waals surface area contributed by atoms with E-state index in [-0.39, 0.29) is 6.10 Å². The second kappa shape index (κ2) is 4.42. The quantitative estimate of drug-likeness (QED) is 0.546. The molecule has 0 radical (unpaired) electrons. The molecule has 0 aromatic heterocycles. The number of allylic oxidation sites excluding steroid dienone is 1. The molecule has 1 nitrogen and oxygen atoms in total. The van der Waals surface area contributed by atoms with Crippen LogP contribution in [0.4, 0.5) is 0 Å². The summed E-state index contributed by atoms with van der Waals surface area (Å²) in [6.07, 6.45) is 7.87. The standard InChI is InChI=1S/C11H22OSi/c1-13(2,3)9-5-7-10-6-4-8-11(10)12/h5,7,10-12H,4,6,8-9H2,1-3H3/b7-5+/t10-,11+/m0/s1. The number of rotatable bonds is 3. The maximum absolute atomic E-state index is 9.58. The van der Waals surface area contributed by atoms with Crippen molar-refractivity contribution in [3.05, 3.63) is 12.2 Å². The van der Waals surface area contributed by atoms with E-state index in [9.17, 15) is 5.11 Å². The van der Waals surface area contributed by atoms with Gasteiger partial charge in [0.1, 0.15) is 0 Å². The second-order valence-electron chi connectivity index (χ2n) is 5.36. The average Bonchev–Trinajstić information content (AvgIpc) is 2.34. The van der Waals surface area contributed by atoms with Crippen LogP contribution in [0.2, 0.25) is 25.7 Å². The largest absolute Gasteiger partial charge is 0.393 e. The van der Waals surface area contributed by atoms with Gasteiger partial charge in [-0.15, -0.1) is 0 Å². The van der Waals surface area contributed by atoms with E-state index >= 15 is 0 Å². The molecule has 0 bridgehead atoms. The Morgan fingerprint density at radius 1 is 1.31 bits per heavy atom. The van der Waals surface area contributed by atoms with Gasteiger partial charge in [0, 0.05) is 14.0 Å². The summed E-state index contributed by atoms with van der Waals surface area (Å²) in [5.74, 6) is 0.455. The summed E-state index contributed by atoms with van der Waals surface area (Å²) in [6, 6.07) is 1.25. The van der Waals surface area contributed by atoms with Crippen LogP contribution in [0.25, 0.3) is 0 Å². The van der Waals surface area contributed by atoms with Crippen LogP contribution < -0.4 is 0 Å². The first kappa shape index (κ1) is 11.0. The summed E-state index contributed by atoms with van der Waals surface area (Å²) < 4.78 is 0. The van der Waals surface area contributed by atoms with Crippen LogP contribution >= 0.6 is 0 Å². The van der Waals surface area contributed by atoms with Gasteiger partial charge in [-0.25, -0.2) is 0 Å². The van der Waals surface area contributed by atoms with Crippen molar-refractivity contribution in [1.29, 1.82) is 0 Å². The third kappa shape index (κ3) is 4.10. The summed E-state index contributed by atoms with van der Waals surface area (Å²) in [4.78, 5) is 0. The third-order valence-corrected chi connectivity index (χ3v) is 4.11. The fraction of sp³-hybridized carbons (Fsp3) is 0.818. The highest BCUT2D eigenvalue weighted by atomic mass is 28.3. The minimum Gasteiger partial charge on any atom is -0.393 e. The molecule has 0 unspecified atom stereocenters. The minimum atomic E-state index is -0.920. The number of aliphatic hydroxyl groups is 1. The normalized spacial score (nSPS) is 30.2. The van der Waals surface area contributed by atoms with Gasteiger partial charge in [-0.1, -0.05) is 38.2 Å². The van der Waals surface area contributed by atoms with Gasteiger partial charge in [-0.3, -0.25) is 0 Å². The van der Waals surface area contributed by atoms with Crippen LogP contribution in [0.3, 0.4) is 0 Å². The first-order chi connectivity index (χ1) is 5.99. The Balaban J connectivity index is 2.31. The monoisotopic (exact) mass is 198 g/mol. The van der Waals surface area contributed by atoms with Gasteiger partial charge in [0.15, 0.2) is 0 Å². The van der Waals surface area contributed by atoms with Crippen molar-refractivity contribution >= 4 is 8.07 Å². The summed E-state index contributed by atoms with van der Waals surface area (Å²) in [5, 5.41) is 9.58. The van der Waals surface area contributed by atoms with Crippen molar-refractivity contribution < 1.29 is 5.11 Å². The summed E-state index contributed by atoms with van der Waals surface area (Å²) >= 11 is 0. The van der Waals surface area contributed by atoms with E-state index in [2.05, 4.69) is 31.8 Å². The lowest BCUT2D eigenvalue weighted by Crippen LogP contribution is -2.18. The van der Waals surface area contributed by atoms with Crippen molar-refractivity contribution in [3.8, 4) is 0 Å². The zero-order chi connectivity index (χ0) is 9.90. The molecule has 1 saturated carbocycles. The molecule has 0 aromatic carbocycles. The highest BCUT2D eigenvalue weighted by molar-refractivity contribution is 6.76. The molecule has 2 heteroatoms. The van der Waals surface area contributed by atoms with E-state index in [0.717, 1.165) is 6.42 Å². The molecule has 0 spiro atoms. The Bertz CT molecular complexity index is 181. The molecule has 1 N–H and O–H groups in total. The second-order valence-corrected chi connectivity index (χ2v) is 10.9. The number of aliphatic hydroxyl groups excluding tert-OH is 1. The predicted molar refractivity (Wildman–Crippen MR) is 60.6 cm³/mol. The number of hydrogen-bond donors (Lipinski definition) is 1. The molecule has 0 heterocycles. The van der Waals surface area contributed by atoms with Crippen LogP contribution in [0.1, 0.15) is 19.3 Å². The van der Waals surface area contributed by atoms with Crippen molar-refractivity contribution in [1.82, 2.24) is 0 Å². The molecule has 0 aliphatic heterocycles. The molecule has 0 aromatic rings. The Labute approximate surface area is 82.9 Å². The van der Waals surface area contributed by atoms with Gasteiger partial charge in [0.2, 0.25) is 0 Å². The van der Waals surface area contributed by atoms with Gasteiger partial charge in [0.25, 0.3) is 0 Å². The van der Waals surface area contributed by atoms with Gasteiger partial charge in [0.05, 0.1) is 6.10 Å². The van der Waals surface area contributed by atoms with E-state index in [4.69, 9.17) is 0 Å². The molecular formula is C11H22OSi. The summed E-state index contributed by atoms with van der Waals surface area (Å²) in [7, 11) is -0.920. The molecule has 1 aliphatic carbocycles. The van der Waals surface area contributed by atoms with Crippen LogP contribution in [-0.2, 0) is 0 Å². The van der Waals surface area contributed by atoms with E-state index in [1.165, 1.54) is 18.9 Å². The fourth-order valence-corrected chi connectivity index (χ4v) is 2.63. The molecule has 0 saturated heterocycles. The molecule has 1 aliphatic rings. The van der Waals surface area contributed by atoms with Crippen molar-refractivity contribution in [2.75, 3.05) is 0 Å². The maximum atomic E-state index is 9.58. The average molecular weight is 198 g/mol. The summed E-state index contributed by atoms with van der Waals surface area (Å²) in [6.45, 7) is 7.13. The maximum Gasteiger partial charge on any atom is 0.0602 e. The molecule has 0 amide bonds. The summed E-state index contributed by atoms with van der Waals surface area (Å²) in [5.41, 5.74) is 0. The van der Waals surface area contributed by atoms with Crippen molar-refractivity contribution in [2.45, 2.75) is 51.1 Å². The van der Waals surface area contributed by atoms with Gasteiger partial charge in [-0.2, -0.15) is 0 Å². The molecule has 2 atom stereocenters. The van der Waals surface area contributed by atoms with E-state index in [0.29, 0.717) is 5.92 Å². The Morgan fingerprint density at radius 2 is 2.00 bits per heavy atom. The van der Waals surface area contributed by atoms with E-state index in [1.807, 2.05) is 0 Å². The van der Waals surface area contributed by atoms with Crippen LogP contribution in [-0.4, -0.2) is 19.3 Å². The predicted octanol–water partition coefficient (Wildman–Crippen LogP) is 3.04. The van der Waals surface area contributed by atoms with Crippen molar-refractivity contribution in [2.24, 2.45) is 5.92 Å². The molecular weight excluding hydrogens is 176 g/mol. The van der Waals surface area contributed by atoms with Gasteiger partial charge in [-0.05, 0) is 18.9 Å². The van der Waals surface area contributed by atoms with Gasteiger partial charge < -0.3 is 5.11 Å². The molecule has 76 valence electrons. The topological polar surface area (TPSA) is 20.2 Å². The smallest absolute Gasteiger partial charge is 0.0602 e. The zero-order valence-electron chi connectivity index (χ0n) is 9.09. The Morgan fingerprint density at radius 3 is 2.46 bits per heavy atom. The van der Waals surface area contributed by atoms with Crippen LogP contribution in [0, 0.1) is 5.92 Å². The lowest BCUT2D eigenvalue weighted by molar-refractivity contribution is 0.153. The highest BCUT2D eigenvalue weighted by Gasteiger charge is 2.22. The fourth-order valence-electron chi connectivity index (χ4n) is 1.79. The Hall–Kier alpha value is -0.0831. The van der Waals surface area contributed by atoms with Crippen LogP contribution in [0.15, 0.2) is 12.2 Å². The van der Waals surface area contributed by atoms with E-state index < -0.39 is 8.07 Å². The lowest BCUT2D eigenvalue weighted by Gasteiger charge is -2.13. The number of hydrogen-bond acceptors (Lipinski definition) is 1. The third-order valence-electron chi connectivity index (χ3n) is 2.65. The highest BCUT2D eigenvalue weighted by Crippen LogP contribution is 2.26. The first-order valence-corrected chi connectivity index (χ1v) is 9.04. The molecule has 13 heavy (non-hydrogen) atoms. The first-order valence-electron chi connectivity index (χ1n) is 5.34. The van der Waals surface area contributed by atoms with E-state index in [1.54, 1.807) is 0 Å². The van der Waals surface area contributed by atoms with Gasteiger partial charge >= 0.3 is 0 Å². The molecule has 1 rings (SSSR count). The zero-order valence-corrected chi connectivity index (χ0v) is 10.1. The van der Waals surface area contributed by atoms with Crippen molar-refractivity contribution in [3.63, 3.8) is 0 Å². The minimum absolute atomic E-state index is 0.0575. The lowest BCUT2D eigenvalue weighted by atomic mass is 10.1. The SMILES string of the molecule is C[Si](C)(C)C/C=C/[C@@H]1CCC[C@H]1O. The Kier molecular flexibility index (Phi) is 3.74. The molecule has 1 fully saturated rings.